The van der Waals surface area contributed by atoms with Crippen LogP contribution < -0.4 is 5.32 Å². The molecule has 0 saturated heterocycles. The van der Waals surface area contributed by atoms with E-state index < -0.39 is 5.41 Å². The molecule has 0 aromatic heterocycles. The van der Waals surface area contributed by atoms with E-state index in [1.807, 2.05) is 0 Å². The van der Waals surface area contributed by atoms with Crippen molar-refractivity contribution >= 4 is 5.91 Å². The topological polar surface area (TPSA) is 52.9 Å². The Morgan fingerprint density at radius 2 is 2.00 bits per heavy atom. The summed E-state index contributed by atoms with van der Waals surface area (Å²) in [6.07, 6.45) is 7.78. The maximum atomic E-state index is 12.0. The van der Waals surface area contributed by atoms with Crippen LogP contribution in [0.2, 0.25) is 0 Å². The van der Waals surface area contributed by atoms with Gasteiger partial charge in [-0.25, -0.2) is 0 Å². The quantitative estimate of drug-likeness (QED) is 0.784. The van der Waals surface area contributed by atoms with E-state index in [0.717, 1.165) is 31.7 Å². The molecule has 0 atom stereocenters. The van der Waals surface area contributed by atoms with Gasteiger partial charge in [0.1, 0.15) is 5.41 Å². The third kappa shape index (κ3) is 1.43. The first-order valence-electron chi connectivity index (χ1n) is 6.40. The molecule has 3 aliphatic carbocycles. The van der Waals surface area contributed by atoms with Gasteiger partial charge in [0.05, 0.1) is 6.07 Å². The number of hydrogen-bond donors (Lipinski definition) is 1. The van der Waals surface area contributed by atoms with Crippen molar-refractivity contribution in [1.29, 1.82) is 5.26 Å². The summed E-state index contributed by atoms with van der Waals surface area (Å²) in [4.78, 5) is 12.0. The average molecular weight is 218 g/mol. The number of amides is 1. The second kappa shape index (κ2) is 3.23. The third-order valence-corrected chi connectivity index (χ3v) is 4.79. The predicted octanol–water partition coefficient (Wildman–Crippen LogP) is 1.99. The summed E-state index contributed by atoms with van der Waals surface area (Å²) >= 11 is 0. The lowest BCUT2D eigenvalue weighted by Gasteiger charge is -2.34. The van der Waals surface area contributed by atoms with E-state index in [1.165, 1.54) is 25.7 Å². The summed E-state index contributed by atoms with van der Waals surface area (Å²) < 4.78 is 0. The summed E-state index contributed by atoms with van der Waals surface area (Å²) in [5, 5.41) is 12.1. The van der Waals surface area contributed by atoms with Crippen molar-refractivity contribution in [3.05, 3.63) is 0 Å². The van der Waals surface area contributed by atoms with Gasteiger partial charge < -0.3 is 5.32 Å². The molecule has 1 amide bonds. The molecule has 3 aliphatic rings. The maximum absolute atomic E-state index is 12.0. The number of nitrogens with one attached hydrogen (secondary N) is 1. The van der Waals surface area contributed by atoms with Crippen LogP contribution in [0, 0.1) is 28.1 Å². The fraction of sp³-hybridized carbons (Fsp3) is 0.846. The normalized spacial score (nSPS) is 28.7. The molecule has 3 nitrogen and oxygen atoms in total. The zero-order valence-corrected chi connectivity index (χ0v) is 9.59. The van der Waals surface area contributed by atoms with Gasteiger partial charge >= 0.3 is 0 Å². The molecular formula is C13H18N2O. The lowest BCUT2D eigenvalue weighted by atomic mass is 9.69. The zero-order valence-electron chi connectivity index (χ0n) is 9.59. The van der Waals surface area contributed by atoms with Crippen molar-refractivity contribution in [2.24, 2.45) is 16.7 Å². The Bertz CT molecular complexity index is 357. The molecule has 16 heavy (non-hydrogen) atoms. The Morgan fingerprint density at radius 3 is 2.38 bits per heavy atom. The van der Waals surface area contributed by atoms with Gasteiger partial charge in [-0.15, -0.1) is 0 Å². The number of carbonyl (C=O) groups excluding carboxylic acids is 1. The third-order valence-electron chi connectivity index (χ3n) is 4.79. The molecule has 0 aromatic rings. The lowest BCUT2D eigenvalue weighted by molar-refractivity contribution is -0.132. The predicted molar refractivity (Wildman–Crippen MR) is 59.3 cm³/mol. The molecule has 0 bridgehead atoms. The highest BCUT2D eigenvalue weighted by Crippen LogP contribution is 2.60. The average Bonchev–Trinajstić information content (AvgIpc) is 3.06. The zero-order chi connectivity index (χ0) is 11.2. The number of hydrogen-bond acceptors (Lipinski definition) is 2. The molecule has 3 rings (SSSR count). The molecule has 3 heteroatoms. The number of nitriles is 1. The Labute approximate surface area is 96.2 Å². The van der Waals surface area contributed by atoms with E-state index in [1.54, 1.807) is 0 Å². The van der Waals surface area contributed by atoms with Gasteiger partial charge in [-0.05, 0) is 56.3 Å². The second-order valence-electron chi connectivity index (χ2n) is 5.87. The highest BCUT2D eigenvalue weighted by Gasteiger charge is 2.54. The minimum Gasteiger partial charge on any atom is -0.354 e. The number of nitrogens with zero attached hydrogens (tertiary/aromatic N) is 1. The van der Waals surface area contributed by atoms with Crippen LogP contribution in [0.1, 0.15) is 44.9 Å². The molecule has 86 valence electrons. The van der Waals surface area contributed by atoms with E-state index in [0.29, 0.717) is 5.41 Å². The monoisotopic (exact) mass is 218 g/mol. The van der Waals surface area contributed by atoms with E-state index in [9.17, 15) is 4.79 Å². The van der Waals surface area contributed by atoms with Gasteiger partial charge in [-0.2, -0.15) is 5.26 Å². The first-order valence-corrected chi connectivity index (χ1v) is 6.40. The van der Waals surface area contributed by atoms with E-state index >= 15 is 0 Å². The summed E-state index contributed by atoms with van der Waals surface area (Å²) in [7, 11) is 0. The van der Waals surface area contributed by atoms with Crippen molar-refractivity contribution in [2.75, 3.05) is 6.54 Å². The second-order valence-corrected chi connectivity index (χ2v) is 5.87. The highest BCUT2D eigenvalue weighted by atomic mass is 16.2. The van der Waals surface area contributed by atoms with Crippen LogP contribution in [0.3, 0.4) is 0 Å². The van der Waals surface area contributed by atoms with Gasteiger partial charge in [0, 0.05) is 6.54 Å². The van der Waals surface area contributed by atoms with Crippen molar-refractivity contribution in [3.63, 3.8) is 0 Å². The minimum absolute atomic E-state index is 0.00632. The summed E-state index contributed by atoms with van der Waals surface area (Å²) in [5.74, 6) is 0.861. The minimum atomic E-state index is -0.667. The van der Waals surface area contributed by atoms with E-state index in [2.05, 4.69) is 11.4 Å². The molecular weight excluding hydrogens is 200 g/mol. The summed E-state index contributed by atoms with van der Waals surface area (Å²) in [6, 6.07) is 2.20. The molecule has 0 unspecified atom stereocenters. The van der Waals surface area contributed by atoms with Gasteiger partial charge in [0.2, 0.25) is 5.91 Å². The first-order chi connectivity index (χ1) is 7.71. The van der Waals surface area contributed by atoms with Crippen molar-refractivity contribution < 1.29 is 4.79 Å². The first kappa shape index (κ1) is 10.1. The molecule has 1 N–H and O–H groups in total. The van der Waals surface area contributed by atoms with Gasteiger partial charge in [-0.1, -0.05) is 0 Å². The Kier molecular flexibility index (Phi) is 2.04. The summed E-state index contributed by atoms with van der Waals surface area (Å²) in [5.41, 5.74) is -0.227. The van der Waals surface area contributed by atoms with Crippen LogP contribution in [0.15, 0.2) is 0 Å². The molecule has 3 saturated carbocycles. The maximum Gasteiger partial charge on any atom is 0.240 e. The molecule has 0 heterocycles. The Hall–Kier alpha value is -1.04. The standard InChI is InChI=1S/C13H18N2O/c14-8-12(4-1-5-12)11(16)15-9-13(6-7-13)10-2-3-10/h10H,1-7,9H2,(H,15,16). The number of carbonyl (C=O) groups is 1. The van der Waals surface area contributed by atoms with E-state index in [4.69, 9.17) is 5.26 Å². The molecule has 0 radical (unpaired) electrons. The van der Waals surface area contributed by atoms with Crippen LogP contribution in [0.25, 0.3) is 0 Å². The van der Waals surface area contributed by atoms with Crippen LogP contribution in [-0.2, 0) is 4.79 Å². The fourth-order valence-electron chi connectivity index (χ4n) is 2.93. The molecule has 3 fully saturated rings. The van der Waals surface area contributed by atoms with Gasteiger partial charge in [0.15, 0.2) is 0 Å². The Balaban J connectivity index is 1.55. The van der Waals surface area contributed by atoms with Crippen LogP contribution in [-0.4, -0.2) is 12.5 Å². The van der Waals surface area contributed by atoms with Gasteiger partial charge in [-0.3, -0.25) is 4.79 Å². The largest absolute Gasteiger partial charge is 0.354 e. The lowest BCUT2D eigenvalue weighted by Crippen LogP contribution is -2.46. The smallest absolute Gasteiger partial charge is 0.240 e. The summed E-state index contributed by atoms with van der Waals surface area (Å²) in [6.45, 7) is 0.819. The highest BCUT2D eigenvalue weighted by molar-refractivity contribution is 5.86. The van der Waals surface area contributed by atoms with E-state index in [-0.39, 0.29) is 5.91 Å². The Morgan fingerprint density at radius 1 is 1.31 bits per heavy atom. The van der Waals surface area contributed by atoms with Crippen molar-refractivity contribution in [2.45, 2.75) is 44.9 Å². The fourth-order valence-corrected chi connectivity index (χ4v) is 2.93. The molecule has 0 aliphatic heterocycles. The number of rotatable bonds is 4. The van der Waals surface area contributed by atoms with Crippen LogP contribution in [0.5, 0.6) is 0 Å². The van der Waals surface area contributed by atoms with Crippen molar-refractivity contribution in [3.8, 4) is 6.07 Å². The molecule has 0 aromatic carbocycles. The van der Waals surface area contributed by atoms with Crippen LogP contribution in [0.4, 0.5) is 0 Å². The van der Waals surface area contributed by atoms with Crippen LogP contribution >= 0.6 is 0 Å². The van der Waals surface area contributed by atoms with Crippen molar-refractivity contribution in [1.82, 2.24) is 5.32 Å². The SMILES string of the molecule is N#CC1(C(=O)NCC2(C3CC3)CC2)CCC1. The molecule has 0 spiro atoms. The van der Waals surface area contributed by atoms with Gasteiger partial charge in [0.25, 0.3) is 0 Å².